The minimum atomic E-state index is -1.10. The van der Waals surface area contributed by atoms with Crippen molar-refractivity contribution < 1.29 is 15.0 Å². The number of carbonyl (C=O) groups is 1. The quantitative estimate of drug-likeness (QED) is 0.577. The lowest BCUT2D eigenvalue weighted by Crippen LogP contribution is -2.55. The molecule has 0 saturated heterocycles. The molecule has 1 aromatic carbocycles. The second kappa shape index (κ2) is 7.51. The summed E-state index contributed by atoms with van der Waals surface area (Å²) < 4.78 is 0. The van der Waals surface area contributed by atoms with Crippen molar-refractivity contribution in [2.75, 3.05) is 10.7 Å². The van der Waals surface area contributed by atoms with Gasteiger partial charge in [-0.2, -0.15) is 17.0 Å². The number of nitrogens with one attached hydrogen (secondary N) is 1. The molecule has 1 aliphatic carbocycles. The van der Waals surface area contributed by atoms with Gasteiger partial charge in [0.05, 0.1) is 11.3 Å². The summed E-state index contributed by atoms with van der Waals surface area (Å²) in [6, 6.07) is 8.01. The first-order valence-corrected chi connectivity index (χ1v) is 9.92. The monoisotopic (exact) mass is 418 g/mol. The van der Waals surface area contributed by atoms with Gasteiger partial charge in [-0.25, -0.2) is 0 Å². The maximum atomic E-state index is 11.1. The Kier molecular flexibility index (Phi) is 5.44. The van der Waals surface area contributed by atoms with Crippen LogP contribution in [-0.2, 0) is 4.79 Å². The Bertz CT molecular complexity index is 955. The number of fused-ring (bicyclic) bond motifs is 1. The van der Waals surface area contributed by atoms with E-state index in [-0.39, 0.29) is 34.6 Å². The molecule has 0 spiro atoms. The molecule has 0 amide bonds. The number of benzene rings is 1. The zero-order chi connectivity index (χ0) is 20.6. The first-order valence-electron chi connectivity index (χ1n) is 8.49. The van der Waals surface area contributed by atoms with Crippen molar-refractivity contribution in [2.24, 2.45) is 5.73 Å². The molecule has 9 heteroatoms. The number of thioether (sulfide) groups is 1. The van der Waals surface area contributed by atoms with Crippen LogP contribution in [0.5, 0.6) is 0 Å². The second-order valence-corrected chi connectivity index (χ2v) is 8.49. The van der Waals surface area contributed by atoms with Crippen LogP contribution in [0, 0.1) is 16.7 Å². The van der Waals surface area contributed by atoms with Gasteiger partial charge in [0, 0.05) is 33.7 Å². The molecule has 3 atom stereocenters. The van der Waals surface area contributed by atoms with Gasteiger partial charge in [-0.3, -0.25) is 10.2 Å². The molecule has 0 radical (unpaired) electrons. The van der Waals surface area contributed by atoms with E-state index in [1.807, 2.05) is 6.92 Å². The SMILES string of the molecule is C[C@]12C(=C(C#N)C(=N)N1c1cccc(Cl)c1)C=C(O)C[C@@H]2SC[C@H](N)C(=O)O. The maximum absolute atomic E-state index is 11.1. The van der Waals surface area contributed by atoms with Crippen LogP contribution in [0.1, 0.15) is 13.3 Å². The fourth-order valence-corrected chi connectivity index (χ4v) is 5.25. The van der Waals surface area contributed by atoms with Crippen molar-refractivity contribution in [1.82, 2.24) is 0 Å². The van der Waals surface area contributed by atoms with E-state index >= 15 is 0 Å². The number of nitrogens with two attached hydrogens (primary N) is 1. The molecule has 7 nitrogen and oxygen atoms in total. The number of carboxylic acids is 1. The van der Waals surface area contributed by atoms with Gasteiger partial charge in [0.2, 0.25) is 0 Å². The number of anilines is 1. The summed E-state index contributed by atoms with van der Waals surface area (Å²) in [7, 11) is 0. The Morgan fingerprint density at radius 1 is 1.61 bits per heavy atom. The Labute approximate surface area is 171 Å². The summed E-state index contributed by atoms with van der Waals surface area (Å²) in [6.07, 6.45) is 1.80. The molecule has 1 heterocycles. The number of amidine groups is 1. The number of rotatable bonds is 5. The second-order valence-electron chi connectivity index (χ2n) is 6.82. The van der Waals surface area contributed by atoms with Crippen LogP contribution in [0.25, 0.3) is 0 Å². The summed E-state index contributed by atoms with van der Waals surface area (Å²) in [6.45, 7) is 1.88. The zero-order valence-electron chi connectivity index (χ0n) is 15.0. The average Bonchev–Trinajstić information content (AvgIpc) is 2.85. The summed E-state index contributed by atoms with van der Waals surface area (Å²) in [5.74, 6) is -0.870. The summed E-state index contributed by atoms with van der Waals surface area (Å²) >= 11 is 7.45. The van der Waals surface area contributed by atoms with Gasteiger partial charge >= 0.3 is 5.97 Å². The molecule has 5 N–H and O–H groups in total. The Morgan fingerprint density at radius 3 is 2.93 bits per heavy atom. The molecule has 0 aromatic heterocycles. The third-order valence-electron chi connectivity index (χ3n) is 5.04. The fourth-order valence-electron chi connectivity index (χ4n) is 3.63. The van der Waals surface area contributed by atoms with Crippen LogP contribution in [-0.4, -0.2) is 44.6 Å². The summed E-state index contributed by atoms with van der Waals surface area (Å²) in [4.78, 5) is 12.8. The van der Waals surface area contributed by atoms with Crippen molar-refractivity contribution in [3.8, 4) is 6.07 Å². The lowest BCUT2D eigenvalue weighted by atomic mass is 9.81. The Morgan fingerprint density at radius 2 is 2.32 bits per heavy atom. The van der Waals surface area contributed by atoms with Gasteiger partial charge in [0.25, 0.3) is 0 Å². The van der Waals surface area contributed by atoms with Gasteiger partial charge in [-0.1, -0.05) is 17.7 Å². The van der Waals surface area contributed by atoms with Gasteiger partial charge in [0.15, 0.2) is 0 Å². The third-order valence-corrected chi connectivity index (χ3v) is 6.86. The lowest BCUT2D eigenvalue weighted by molar-refractivity contribution is -0.137. The molecular weight excluding hydrogens is 400 g/mol. The maximum Gasteiger partial charge on any atom is 0.321 e. The van der Waals surface area contributed by atoms with E-state index in [4.69, 9.17) is 27.9 Å². The van der Waals surface area contributed by atoms with Crippen LogP contribution >= 0.6 is 23.4 Å². The number of aliphatic hydroxyl groups excluding tert-OH is 1. The first kappa shape index (κ1) is 20.3. The van der Waals surface area contributed by atoms with Crippen LogP contribution in [0.4, 0.5) is 5.69 Å². The van der Waals surface area contributed by atoms with E-state index in [2.05, 4.69) is 6.07 Å². The molecular formula is C19H19ClN4O3S. The van der Waals surface area contributed by atoms with Crippen LogP contribution < -0.4 is 10.6 Å². The normalized spacial score (nSPS) is 25.2. The van der Waals surface area contributed by atoms with Crippen LogP contribution in [0.15, 0.2) is 47.2 Å². The molecule has 28 heavy (non-hydrogen) atoms. The van der Waals surface area contributed by atoms with E-state index < -0.39 is 17.6 Å². The fraction of sp³-hybridized carbons (Fsp3) is 0.316. The number of aliphatic hydroxyl groups is 1. The highest BCUT2D eigenvalue weighted by molar-refractivity contribution is 8.00. The molecule has 146 valence electrons. The molecule has 2 aliphatic rings. The predicted molar refractivity (Wildman–Crippen MR) is 110 cm³/mol. The largest absolute Gasteiger partial charge is 0.512 e. The molecule has 1 aliphatic heterocycles. The molecule has 0 unspecified atom stereocenters. The molecule has 1 aromatic rings. The minimum absolute atomic E-state index is 0.0151. The number of halogens is 1. The summed E-state index contributed by atoms with van der Waals surface area (Å²) in [5, 5.41) is 37.8. The molecule has 0 fully saturated rings. The van der Waals surface area contributed by atoms with E-state index in [0.29, 0.717) is 16.3 Å². The third kappa shape index (κ3) is 3.26. The number of nitrogens with zero attached hydrogens (tertiary/aromatic N) is 2. The standard InChI is InChI=1S/C19H19ClN4O3S/c1-19-14(6-12(25)7-16(19)28-9-15(22)18(26)27)13(8-21)17(23)24(19)11-4-2-3-10(20)5-11/h2-6,15-16,23,25H,7,9,22H2,1H3,(H,26,27)/t15-,16-,19+/m0/s1. The topological polar surface area (TPSA) is 134 Å². The highest BCUT2D eigenvalue weighted by atomic mass is 35.5. The zero-order valence-corrected chi connectivity index (χ0v) is 16.6. The van der Waals surface area contributed by atoms with E-state index in [1.54, 1.807) is 29.2 Å². The van der Waals surface area contributed by atoms with Gasteiger partial charge in [-0.15, -0.1) is 0 Å². The van der Waals surface area contributed by atoms with E-state index in [0.717, 1.165) is 0 Å². The predicted octanol–water partition coefficient (Wildman–Crippen LogP) is 3.08. The van der Waals surface area contributed by atoms with Gasteiger partial charge < -0.3 is 20.8 Å². The summed E-state index contributed by atoms with van der Waals surface area (Å²) in [5.41, 5.74) is 6.16. The molecule has 0 bridgehead atoms. The smallest absolute Gasteiger partial charge is 0.321 e. The Hall–Kier alpha value is -2.47. The molecule has 0 saturated carbocycles. The lowest BCUT2D eigenvalue weighted by Gasteiger charge is -2.45. The van der Waals surface area contributed by atoms with Crippen molar-refractivity contribution in [3.63, 3.8) is 0 Å². The molecule has 3 rings (SSSR count). The number of hydrogen-bond acceptors (Lipinski definition) is 6. The van der Waals surface area contributed by atoms with Crippen LogP contribution in [0.3, 0.4) is 0 Å². The van der Waals surface area contributed by atoms with Crippen molar-refractivity contribution in [2.45, 2.75) is 30.2 Å². The number of carboxylic acid groups (broad SMARTS) is 1. The van der Waals surface area contributed by atoms with Crippen molar-refractivity contribution in [1.29, 1.82) is 10.7 Å². The highest BCUT2D eigenvalue weighted by Gasteiger charge is 2.53. The Balaban J connectivity index is 2.10. The van der Waals surface area contributed by atoms with Crippen LogP contribution in [0.2, 0.25) is 5.02 Å². The minimum Gasteiger partial charge on any atom is -0.512 e. The van der Waals surface area contributed by atoms with Crippen molar-refractivity contribution in [3.05, 3.63) is 52.3 Å². The average molecular weight is 419 g/mol. The van der Waals surface area contributed by atoms with Gasteiger partial charge in [-0.05, 0) is 31.2 Å². The number of nitriles is 1. The van der Waals surface area contributed by atoms with Gasteiger partial charge in [0.1, 0.15) is 23.5 Å². The van der Waals surface area contributed by atoms with E-state index in [1.165, 1.54) is 17.8 Å². The van der Waals surface area contributed by atoms with E-state index in [9.17, 15) is 15.2 Å². The first-order chi connectivity index (χ1) is 13.2. The number of hydrogen-bond donors (Lipinski definition) is 4. The number of aliphatic carboxylic acids is 1. The number of allylic oxidation sites excluding steroid dienone is 1. The van der Waals surface area contributed by atoms with Crippen molar-refractivity contribution >= 4 is 40.9 Å². The highest BCUT2D eigenvalue weighted by Crippen LogP contribution is 2.50.